The first-order valence-electron chi connectivity index (χ1n) is 4.83. The molecule has 0 saturated carbocycles. The summed E-state index contributed by atoms with van der Waals surface area (Å²) in [5, 5.41) is 2.71. The highest BCUT2D eigenvalue weighted by Crippen LogP contribution is 2.20. The van der Waals surface area contributed by atoms with E-state index in [0.29, 0.717) is 18.1 Å². The van der Waals surface area contributed by atoms with Crippen molar-refractivity contribution in [1.29, 1.82) is 0 Å². The number of rotatable bonds is 4. The normalized spacial score (nSPS) is 10.5. The van der Waals surface area contributed by atoms with E-state index in [4.69, 9.17) is 0 Å². The molecule has 0 bridgehead atoms. The summed E-state index contributed by atoms with van der Waals surface area (Å²) in [6, 6.07) is 1.76. The van der Waals surface area contributed by atoms with Crippen LogP contribution in [0.2, 0.25) is 0 Å². The summed E-state index contributed by atoms with van der Waals surface area (Å²) in [6.45, 7) is 7.83. The van der Waals surface area contributed by atoms with Gasteiger partial charge in [0.05, 0.1) is 0 Å². The van der Waals surface area contributed by atoms with Crippen molar-refractivity contribution in [3.63, 3.8) is 0 Å². The smallest absolute Gasteiger partial charge is 0.267 e. The zero-order valence-electron chi connectivity index (χ0n) is 9.00. The van der Waals surface area contributed by atoms with Crippen LogP contribution in [0, 0.1) is 0 Å². The molecule has 1 heterocycles. The van der Waals surface area contributed by atoms with Gasteiger partial charge in [-0.2, -0.15) is 0 Å². The fourth-order valence-corrected chi connectivity index (χ4v) is 1.28. The number of hydrogen-bond acceptors (Lipinski definition) is 2. The van der Waals surface area contributed by atoms with E-state index in [1.165, 1.54) is 0 Å². The van der Waals surface area contributed by atoms with Gasteiger partial charge in [-0.3, -0.25) is 4.79 Å². The van der Waals surface area contributed by atoms with Crippen LogP contribution in [0.3, 0.4) is 0 Å². The van der Waals surface area contributed by atoms with Gasteiger partial charge in [0.15, 0.2) is 0 Å². The maximum Gasteiger partial charge on any atom is 0.267 e. The highest BCUT2D eigenvalue weighted by molar-refractivity contribution is 5.94. The average molecular weight is 205 g/mol. The van der Waals surface area contributed by atoms with E-state index in [2.05, 4.69) is 22.0 Å². The second-order valence-electron chi connectivity index (χ2n) is 3.00. The van der Waals surface area contributed by atoms with Gasteiger partial charge in [0, 0.05) is 12.1 Å². The van der Waals surface area contributed by atoms with Crippen molar-refractivity contribution in [2.45, 2.75) is 13.8 Å². The van der Waals surface area contributed by atoms with Gasteiger partial charge < -0.3 is 10.3 Å². The molecule has 2 N–H and O–H groups in total. The molecule has 1 aromatic heterocycles. The number of aliphatic imine (C=N–C) groups is 1. The molecule has 0 spiro atoms. The highest BCUT2D eigenvalue weighted by Gasteiger charge is 2.10. The lowest BCUT2D eigenvalue weighted by molar-refractivity contribution is 0.0951. The SMILES string of the molecule is C=Nc1[nH]c(C(=O)NCC)cc1/C=C\C. The quantitative estimate of drug-likeness (QED) is 0.727. The zero-order valence-corrected chi connectivity index (χ0v) is 9.00. The number of carbonyl (C=O) groups excluding carboxylic acids is 1. The third kappa shape index (κ3) is 2.56. The Bertz CT molecular complexity index is 391. The third-order valence-electron chi connectivity index (χ3n) is 1.91. The van der Waals surface area contributed by atoms with Crippen LogP contribution in [0.1, 0.15) is 29.9 Å². The van der Waals surface area contributed by atoms with Crippen molar-refractivity contribution in [3.8, 4) is 0 Å². The van der Waals surface area contributed by atoms with Crippen LogP contribution in [-0.4, -0.2) is 24.2 Å². The molecule has 1 amide bonds. The first-order chi connectivity index (χ1) is 7.22. The molecular weight excluding hydrogens is 190 g/mol. The number of H-pyrrole nitrogens is 1. The van der Waals surface area contributed by atoms with Gasteiger partial charge in [-0.15, -0.1) is 0 Å². The number of allylic oxidation sites excluding steroid dienone is 1. The number of aromatic amines is 1. The van der Waals surface area contributed by atoms with E-state index in [1.807, 2.05) is 26.0 Å². The van der Waals surface area contributed by atoms with Crippen molar-refractivity contribution in [1.82, 2.24) is 10.3 Å². The van der Waals surface area contributed by atoms with Crippen LogP contribution in [-0.2, 0) is 0 Å². The molecular formula is C11H15N3O. The van der Waals surface area contributed by atoms with Crippen molar-refractivity contribution in [2.75, 3.05) is 6.54 Å². The highest BCUT2D eigenvalue weighted by atomic mass is 16.1. The standard InChI is InChI=1S/C11H15N3O/c1-4-6-8-7-9(11(15)13-5-2)14-10(8)12-3/h4,6-7,14H,3,5H2,1-2H3,(H,13,15)/b6-4-. The minimum absolute atomic E-state index is 0.127. The van der Waals surface area contributed by atoms with E-state index in [1.54, 1.807) is 6.07 Å². The summed E-state index contributed by atoms with van der Waals surface area (Å²) in [5.41, 5.74) is 1.38. The molecule has 0 aromatic carbocycles. The van der Waals surface area contributed by atoms with Gasteiger partial charge in [0.25, 0.3) is 5.91 Å². The van der Waals surface area contributed by atoms with Gasteiger partial charge in [-0.25, -0.2) is 4.99 Å². The average Bonchev–Trinajstić information content (AvgIpc) is 2.62. The molecule has 0 saturated heterocycles. The van der Waals surface area contributed by atoms with E-state index in [0.717, 1.165) is 5.56 Å². The molecule has 15 heavy (non-hydrogen) atoms. The van der Waals surface area contributed by atoms with Gasteiger partial charge in [0.1, 0.15) is 11.5 Å². The third-order valence-corrected chi connectivity index (χ3v) is 1.91. The molecule has 0 aliphatic carbocycles. The number of hydrogen-bond donors (Lipinski definition) is 2. The minimum Gasteiger partial charge on any atom is -0.351 e. The van der Waals surface area contributed by atoms with Crippen LogP contribution in [0.5, 0.6) is 0 Å². The Kier molecular flexibility index (Phi) is 3.85. The number of amides is 1. The molecule has 0 aliphatic rings. The fraction of sp³-hybridized carbons (Fsp3) is 0.273. The maximum atomic E-state index is 11.5. The first kappa shape index (κ1) is 11.2. The summed E-state index contributed by atoms with van der Waals surface area (Å²) in [5.74, 6) is 0.493. The minimum atomic E-state index is -0.127. The molecule has 0 aliphatic heterocycles. The van der Waals surface area contributed by atoms with E-state index in [-0.39, 0.29) is 5.91 Å². The molecule has 1 rings (SSSR count). The Hall–Kier alpha value is -1.84. The Morgan fingerprint density at radius 2 is 2.47 bits per heavy atom. The Labute approximate surface area is 89.1 Å². The molecule has 4 nitrogen and oxygen atoms in total. The molecule has 0 fully saturated rings. The van der Waals surface area contributed by atoms with Crippen LogP contribution < -0.4 is 5.32 Å². The summed E-state index contributed by atoms with van der Waals surface area (Å²) in [6.07, 6.45) is 3.77. The second-order valence-corrected chi connectivity index (χ2v) is 3.00. The lowest BCUT2D eigenvalue weighted by Gasteiger charge is -1.97. The number of aromatic nitrogens is 1. The second kappa shape index (κ2) is 5.14. The number of nitrogens with zero attached hydrogens (tertiary/aromatic N) is 1. The largest absolute Gasteiger partial charge is 0.351 e. The Morgan fingerprint density at radius 1 is 1.73 bits per heavy atom. The van der Waals surface area contributed by atoms with Crippen LogP contribution >= 0.6 is 0 Å². The topological polar surface area (TPSA) is 57.2 Å². The van der Waals surface area contributed by atoms with Crippen LogP contribution in [0.15, 0.2) is 17.1 Å². The zero-order chi connectivity index (χ0) is 11.3. The Balaban J connectivity index is 3.01. The molecule has 4 heteroatoms. The van der Waals surface area contributed by atoms with Gasteiger partial charge in [-0.05, 0) is 26.6 Å². The van der Waals surface area contributed by atoms with E-state index in [9.17, 15) is 4.79 Å². The van der Waals surface area contributed by atoms with Crippen molar-refractivity contribution in [2.24, 2.45) is 4.99 Å². The van der Waals surface area contributed by atoms with Crippen LogP contribution in [0.4, 0.5) is 5.82 Å². The van der Waals surface area contributed by atoms with Crippen LogP contribution in [0.25, 0.3) is 6.08 Å². The summed E-state index contributed by atoms with van der Waals surface area (Å²) < 4.78 is 0. The van der Waals surface area contributed by atoms with Crippen molar-refractivity contribution < 1.29 is 4.79 Å². The molecule has 80 valence electrons. The summed E-state index contributed by atoms with van der Waals surface area (Å²) >= 11 is 0. The van der Waals surface area contributed by atoms with E-state index >= 15 is 0 Å². The lowest BCUT2D eigenvalue weighted by Crippen LogP contribution is -2.22. The molecule has 0 atom stereocenters. The maximum absolute atomic E-state index is 11.5. The predicted octanol–water partition coefficient (Wildman–Crippen LogP) is 2.13. The lowest BCUT2D eigenvalue weighted by atomic mass is 10.2. The van der Waals surface area contributed by atoms with Gasteiger partial charge in [0.2, 0.25) is 0 Å². The Morgan fingerprint density at radius 3 is 3.00 bits per heavy atom. The molecule has 0 radical (unpaired) electrons. The van der Waals surface area contributed by atoms with Gasteiger partial charge >= 0.3 is 0 Å². The fourth-order valence-electron chi connectivity index (χ4n) is 1.28. The summed E-state index contributed by atoms with van der Waals surface area (Å²) in [7, 11) is 0. The monoisotopic (exact) mass is 205 g/mol. The number of carbonyl (C=O) groups is 1. The van der Waals surface area contributed by atoms with E-state index < -0.39 is 0 Å². The van der Waals surface area contributed by atoms with Crippen molar-refractivity contribution in [3.05, 3.63) is 23.4 Å². The predicted molar refractivity (Wildman–Crippen MR) is 62.7 cm³/mol. The first-order valence-corrected chi connectivity index (χ1v) is 4.83. The van der Waals surface area contributed by atoms with Crippen molar-refractivity contribution >= 4 is 24.5 Å². The van der Waals surface area contributed by atoms with Gasteiger partial charge in [-0.1, -0.05) is 12.2 Å². The molecule has 0 unspecified atom stereocenters. The molecule has 1 aromatic rings. The summed E-state index contributed by atoms with van der Waals surface area (Å²) in [4.78, 5) is 18.2. The number of nitrogens with one attached hydrogen (secondary N) is 2.